The van der Waals surface area contributed by atoms with Gasteiger partial charge in [0.2, 0.25) is 0 Å². The van der Waals surface area contributed by atoms with Gasteiger partial charge in [0.1, 0.15) is 0 Å². The molecule has 21 heavy (non-hydrogen) atoms. The monoisotopic (exact) mass is 587 g/mol. The van der Waals surface area contributed by atoms with Gasteiger partial charge in [-0.15, -0.1) is 0 Å². The van der Waals surface area contributed by atoms with Crippen molar-refractivity contribution in [2.45, 2.75) is 39.4 Å². The van der Waals surface area contributed by atoms with Crippen molar-refractivity contribution in [3.63, 3.8) is 0 Å². The van der Waals surface area contributed by atoms with Crippen molar-refractivity contribution in [3.05, 3.63) is 59.7 Å². The molecule has 3 heteroatoms. The van der Waals surface area contributed by atoms with Crippen LogP contribution in [-0.2, 0) is 13.1 Å². The molecule has 0 fully saturated rings. The van der Waals surface area contributed by atoms with Crippen LogP contribution >= 0.6 is 18.0 Å². The number of fused-ring (bicyclic) bond motifs is 2. The molecule has 0 aliphatic carbocycles. The fourth-order valence-corrected chi connectivity index (χ4v) is 16.8. The minimum atomic E-state index is -1.82. The summed E-state index contributed by atoms with van der Waals surface area (Å²) in [5.41, 5.74) is 3.29. The molecule has 1 aliphatic rings. The van der Waals surface area contributed by atoms with Crippen LogP contribution in [0.4, 0.5) is 0 Å². The summed E-state index contributed by atoms with van der Waals surface area (Å²) >= 11 is 0.973. The number of hydrogen-bond donors (Lipinski definition) is 0. The third-order valence-electron chi connectivity index (χ3n) is 4.08. The number of nitrogens with zero attached hydrogens (tertiary/aromatic N) is 1. The second kappa shape index (κ2) is 6.25. The molecule has 0 saturated carbocycles. The zero-order chi connectivity index (χ0) is 15.0. The van der Waals surface area contributed by atoms with Crippen LogP contribution in [0, 0.1) is 0 Å². The van der Waals surface area contributed by atoms with Gasteiger partial charge in [-0.05, 0) is 0 Å². The molecular formula is C18H21BiIN. The van der Waals surface area contributed by atoms with Gasteiger partial charge < -0.3 is 0 Å². The number of halogens is 1. The van der Waals surface area contributed by atoms with Crippen molar-refractivity contribution in [3.8, 4) is 0 Å². The molecule has 1 nitrogen and oxygen atoms in total. The fraction of sp³-hybridized carbons (Fsp3) is 0.333. The molecule has 0 aromatic heterocycles. The Kier molecular flexibility index (Phi) is 4.73. The summed E-state index contributed by atoms with van der Waals surface area (Å²) in [4.78, 5) is 2.61. The second-order valence-corrected chi connectivity index (χ2v) is 21.0. The van der Waals surface area contributed by atoms with Crippen molar-refractivity contribution < 1.29 is 0 Å². The second-order valence-electron chi connectivity index (χ2n) is 6.57. The summed E-state index contributed by atoms with van der Waals surface area (Å²) < 4.78 is 3.32. The van der Waals surface area contributed by atoms with E-state index >= 15 is 0 Å². The van der Waals surface area contributed by atoms with E-state index in [4.69, 9.17) is 0 Å². The van der Waals surface area contributed by atoms with E-state index in [1.807, 2.05) is 0 Å². The third-order valence-corrected chi connectivity index (χ3v) is 19.9. The van der Waals surface area contributed by atoms with E-state index in [1.54, 1.807) is 17.7 Å². The Labute approximate surface area is 145 Å². The zero-order valence-electron chi connectivity index (χ0n) is 12.8. The Bertz CT molecular complexity index is 598. The van der Waals surface area contributed by atoms with Crippen molar-refractivity contribution in [1.82, 2.24) is 4.90 Å². The van der Waals surface area contributed by atoms with Crippen LogP contribution in [0.5, 0.6) is 0 Å². The molecule has 2 aromatic carbocycles. The van der Waals surface area contributed by atoms with Crippen LogP contribution < -0.4 is 6.54 Å². The maximum absolute atomic E-state index is 2.79. The van der Waals surface area contributed by atoms with Crippen LogP contribution in [0.15, 0.2) is 48.5 Å². The molecule has 0 N–H and O–H groups in total. The molecular weight excluding hydrogens is 566 g/mol. The molecule has 110 valence electrons. The van der Waals surface area contributed by atoms with Crippen LogP contribution in [0.1, 0.15) is 31.9 Å². The Morgan fingerprint density at radius 2 is 1.29 bits per heavy atom. The van der Waals surface area contributed by atoms with Crippen LogP contribution in [0.3, 0.4) is 0 Å². The molecule has 0 amide bonds. The van der Waals surface area contributed by atoms with Gasteiger partial charge in [0.15, 0.2) is 0 Å². The van der Waals surface area contributed by atoms with Gasteiger partial charge in [0.05, 0.1) is 0 Å². The van der Waals surface area contributed by atoms with Gasteiger partial charge in [0, 0.05) is 0 Å². The quantitative estimate of drug-likeness (QED) is 0.338. The molecule has 3 rings (SSSR count). The number of benzene rings is 2. The van der Waals surface area contributed by atoms with Crippen molar-refractivity contribution in [1.29, 1.82) is 0 Å². The van der Waals surface area contributed by atoms with Crippen molar-refractivity contribution in [2.24, 2.45) is 0 Å². The summed E-state index contributed by atoms with van der Waals surface area (Å²) in [6.45, 7) is 9.12. The standard InChI is InChI=1S/C18H21N.Bi.HI/c1-18(2,3)19(14-16-10-6-4-7-11-16)15-17-12-8-5-9-13-17;;/h4-10,12H,14-15H2,1-3H3;;1H/q;+1;/p-1. The number of hydrogen-bond acceptors (Lipinski definition) is 1. The Morgan fingerprint density at radius 1 is 0.857 bits per heavy atom. The van der Waals surface area contributed by atoms with Gasteiger partial charge in [-0.2, -0.15) is 0 Å². The van der Waals surface area contributed by atoms with Crippen LogP contribution in [-0.4, -0.2) is 28.0 Å². The first-order valence-electron chi connectivity index (χ1n) is 7.33. The number of rotatable bonds is 0. The molecule has 1 heterocycles. The summed E-state index contributed by atoms with van der Waals surface area (Å²) in [5, 5.41) is 0. The van der Waals surface area contributed by atoms with E-state index in [1.165, 1.54) is 0 Å². The SMILES string of the molecule is CC(C)(C)N1Cc2cccc[c]2[Bi]([I])[c]2ccccc2C1. The first-order chi connectivity index (χ1) is 9.97. The fourth-order valence-electron chi connectivity index (χ4n) is 2.74. The van der Waals surface area contributed by atoms with Crippen LogP contribution in [0.25, 0.3) is 0 Å². The molecule has 0 unspecified atom stereocenters. The van der Waals surface area contributed by atoms with Crippen molar-refractivity contribution >= 4 is 42.1 Å². The van der Waals surface area contributed by atoms with Crippen LogP contribution in [0.2, 0.25) is 0 Å². The minimum absolute atomic E-state index is 0.188. The average molecular weight is 587 g/mol. The molecule has 0 bridgehead atoms. The summed E-state index contributed by atoms with van der Waals surface area (Å²) in [6, 6.07) is 18.2. The van der Waals surface area contributed by atoms with Gasteiger partial charge in [-0.25, -0.2) is 0 Å². The molecule has 0 atom stereocenters. The summed E-state index contributed by atoms with van der Waals surface area (Å²) in [5.74, 6) is 0. The van der Waals surface area contributed by atoms with Gasteiger partial charge in [-0.3, -0.25) is 0 Å². The molecule has 0 spiro atoms. The first kappa shape index (κ1) is 15.9. The average Bonchev–Trinajstić information content (AvgIpc) is 2.44. The Hall–Kier alpha value is 0.0131. The topological polar surface area (TPSA) is 3.24 Å². The van der Waals surface area contributed by atoms with E-state index in [0.717, 1.165) is 13.1 Å². The Balaban J connectivity index is 2.16. The normalized spacial score (nSPS) is 16.8. The molecule has 2 aromatic rings. The van der Waals surface area contributed by atoms with E-state index in [-0.39, 0.29) is 5.54 Å². The van der Waals surface area contributed by atoms with Gasteiger partial charge in [-0.1, -0.05) is 0 Å². The zero-order valence-corrected chi connectivity index (χ0v) is 18.4. The molecule has 0 saturated heterocycles. The Morgan fingerprint density at radius 3 is 1.71 bits per heavy atom. The molecule has 1 aliphatic heterocycles. The van der Waals surface area contributed by atoms with Gasteiger partial charge >= 0.3 is 146 Å². The maximum atomic E-state index is 2.79. The summed E-state index contributed by atoms with van der Waals surface area (Å²) in [6.07, 6.45) is 0. The van der Waals surface area contributed by atoms with Gasteiger partial charge in [0.25, 0.3) is 0 Å². The summed E-state index contributed by atoms with van der Waals surface area (Å²) in [7, 11) is 0. The predicted octanol–water partition coefficient (Wildman–Crippen LogP) is 3.34. The van der Waals surface area contributed by atoms with Crippen molar-refractivity contribution in [2.75, 3.05) is 0 Å². The van der Waals surface area contributed by atoms with E-state index in [2.05, 4.69) is 92.2 Å². The predicted molar refractivity (Wildman–Crippen MR) is 101 cm³/mol. The van der Waals surface area contributed by atoms with E-state index in [0.29, 0.717) is 0 Å². The first-order valence-corrected chi connectivity index (χ1v) is 20.6. The van der Waals surface area contributed by atoms with E-state index < -0.39 is 17.6 Å². The third kappa shape index (κ3) is 3.35. The molecule has 0 radical (unpaired) electrons. The van der Waals surface area contributed by atoms with E-state index in [9.17, 15) is 0 Å².